The molecule has 4 aromatic rings. The standard InChI is InChI=1S/C25H27N7O/c1-16-14-27-25(30-24(16)19-15-28-32-9-5-4-6-22(19)32)29-21-13-20(26)18(12-23(21)33-3)17-7-10-31(2)11-8-17/h4-7,9,12-15H,8,10-11,26H2,1-3H3,(H,27,29,30). The van der Waals surface area contributed by atoms with E-state index in [0.29, 0.717) is 17.4 Å². The Balaban J connectivity index is 1.49. The Morgan fingerprint density at radius 1 is 1.15 bits per heavy atom. The summed E-state index contributed by atoms with van der Waals surface area (Å²) in [5.41, 5.74) is 13.9. The van der Waals surface area contributed by atoms with Crippen molar-refractivity contribution in [2.45, 2.75) is 13.3 Å². The molecule has 8 heteroatoms. The van der Waals surface area contributed by atoms with Crippen LogP contribution in [-0.2, 0) is 0 Å². The monoisotopic (exact) mass is 441 g/mol. The van der Waals surface area contributed by atoms with Gasteiger partial charge in [-0.05, 0) is 55.8 Å². The summed E-state index contributed by atoms with van der Waals surface area (Å²) in [6, 6.07) is 9.86. The second-order valence-electron chi connectivity index (χ2n) is 8.32. The van der Waals surface area contributed by atoms with E-state index in [4.69, 9.17) is 15.5 Å². The molecule has 0 aliphatic carbocycles. The van der Waals surface area contributed by atoms with Gasteiger partial charge in [-0.3, -0.25) is 0 Å². The van der Waals surface area contributed by atoms with Crippen molar-refractivity contribution in [1.82, 2.24) is 24.5 Å². The minimum Gasteiger partial charge on any atom is -0.495 e. The predicted molar refractivity (Wildman–Crippen MR) is 132 cm³/mol. The van der Waals surface area contributed by atoms with Gasteiger partial charge >= 0.3 is 0 Å². The second-order valence-corrected chi connectivity index (χ2v) is 8.32. The maximum absolute atomic E-state index is 6.46. The molecule has 1 aliphatic rings. The molecule has 8 nitrogen and oxygen atoms in total. The number of methoxy groups -OCH3 is 1. The van der Waals surface area contributed by atoms with Crippen molar-refractivity contribution >= 4 is 28.4 Å². The van der Waals surface area contributed by atoms with Crippen molar-refractivity contribution in [2.75, 3.05) is 38.3 Å². The summed E-state index contributed by atoms with van der Waals surface area (Å²) >= 11 is 0. The van der Waals surface area contributed by atoms with Crippen LogP contribution in [0.3, 0.4) is 0 Å². The topological polar surface area (TPSA) is 93.6 Å². The van der Waals surface area contributed by atoms with Gasteiger partial charge in [0.2, 0.25) is 5.95 Å². The van der Waals surface area contributed by atoms with E-state index in [0.717, 1.165) is 53.1 Å². The predicted octanol–water partition coefficient (Wildman–Crippen LogP) is 4.15. The summed E-state index contributed by atoms with van der Waals surface area (Å²) in [4.78, 5) is 11.6. The Morgan fingerprint density at radius 3 is 2.82 bits per heavy atom. The van der Waals surface area contributed by atoms with Gasteiger partial charge < -0.3 is 20.7 Å². The van der Waals surface area contributed by atoms with Crippen LogP contribution < -0.4 is 15.8 Å². The highest BCUT2D eigenvalue weighted by Gasteiger charge is 2.17. The molecule has 0 spiro atoms. The van der Waals surface area contributed by atoms with Crippen LogP contribution in [0.1, 0.15) is 17.5 Å². The molecule has 0 bridgehead atoms. The van der Waals surface area contributed by atoms with Gasteiger partial charge in [-0.1, -0.05) is 12.1 Å². The van der Waals surface area contributed by atoms with Crippen LogP contribution in [0.5, 0.6) is 5.75 Å². The number of nitrogens with two attached hydrogens (primary N) is 1. The molecule has 1 aromatic carbocycles. The number of rotatable bonds is 5. The molecule has 0 atom stereocenters. The molecule has 3 aromatic heterocycles. The molecule has 168 valence electrons. The van der Waals surface area contributed by atoms with Gasteiger partial charge in [-0.15, -0.1) is 0 Å². The number of hydrogen-bond acceptors (Lipinski definition) is 7. The number of benzene rings is 1. The Labute approximate surface area is 192 Å². The number of likely N-dealkylation sites (N-methyl/N-ethyl adjacent to an activating group) is 1. The van der Waals surface area contributed by atoms with Gasteiger partial charge in [-0.25, -0.2) is 14.5 Å². The zero-order chi connectivity index (χ0) is 22.9. The van der Waals surface area contributed by atoms with Gasteiger partial charge in [0.1, 0.15) is 5.75 Å². The molecule has 0 saturated heterocycles. The normalized spacial score (nSPS) is 14.3. The molecule has 0 radical (unpaired) electrons. The average molecular weight is 442 g/mol. The fraction of sp³-hybridized carbons (Fsp3) is 0.240. The van der Waals surface area contributed by atoms with Crippen molar-refractivity contribution in [3.8, 4) is 17.0 Å². The number of nitrogen functional groups attached to an aromatic ring is 1. The molecule has 0 unspecified atom stereocenters. The van der Waals surface area contributed by atoms with Crippen LogP contribution >= 0.6 is 0 Å². The zero-order valence-corrected chi connectivity index (χ0v) is 19.0. The summed E-state index contributed by atoms with van der Waals surface area (Å²) in [5.74, 6) is 1.16. The first-order valence-corrected chi connectivity index (χ1v) is 10.9. The van der Waals surface area contributed by atoms with Crippen molar-refractivity contribution in [3.63, 3.8) is 0 Å². The van der Waals surface area contributed by atoms with E-state index in [-0.39, 0.29) is 0 Å². The van der Waals surface area contributed by atoms with Gasteiger partial charge in [0.25, 0.3) is 0 Å². The SMILES string of the molecule is COc1cc(C2=CCN(C)CC2)c(N)cc1Nc1ncc(C)c(-c2cnn3ccccc23)n1. The lowest BCUT2D eigenvalue weighted by molar-refractivity contribution is 0.370. The highest BCUT2D eigenvalue weighted by molar-refractivity contribution is 5.83. The van der Waals surface area contributed by atoms with E-state index < -0.39 is 0 Å². The third-order valence-electron chi connectivity index (χ3n) is 6.03. The lowest BCUT2D eigenvalue weighted by Gasteiger charge is -2.23. The molecule has 0 saturated carbocycles. The van der Waals surface area contributed by atoms with Gasteiger partial charge in [0.05, 0.1) is 30.2 Å². The third kappa shape index (κ3) is 4.01. The molecule has 3 N–H and O–H groups in total. The van der Waals surface area contributed by atoms with Crippen LogP contribution in [0.25, 0.3) is 22.3 Å². The number of nitrogens with one attached hydrogen (secondary N) is 1. The molecule has 4 heterocycles. The molecule has 0 amide bonds. The van der Waals surface area contributed by atoms with Gasteiger partial charge in [-0.2, -0.15) is 5.10 Å². The second kappa shape index (κ2) is 8.55. The molecule has 1 aliphatic heterocycles. The van der Waals surface area contributed by atoms with E-state index >= 15 is 0 Å². The van der Waals surface area contributed by atoms with Crippen LogP contribution in [-0.4, -0.2) is 51.7 Å². The number of aryl methyl sites for hydroxylation is 1. The van der Waals surface area contributed by atoms with E-state index in [1.165, 1.54) is 5.57 Å². The lowest BCUT2D eigenvalue weighted by atomic mass is 9.97. The Hall–Kier alpha value is -3.91. The van der Waals surface area contributed by atoms with E-state index in [1.54, 1.807) is 7.11 Å². The number of aromatic nitrogens is 4. The van der Waals surface area contributed by atoms with Crippen LogP contribution in [0.2, 0.25) is 0 Å². The van der Waals surface area contributed by atoms with Gasteiger partial charge in [0, 0.05) is 42.3 Å². The molecule has 5 rings (SSSR count). The summed E-state index contributed by atoms with van der Waals surface area (Å²) in [6.07, 6.45) is 8.75. The highest BCUT2D eigenvalue weighted by Crippen LogP contribution is 2.37. The quantitative estimate of drug-likeness (QED) is 0.449. The lowest BCUT2D eigenvalue weighted by Crippen LogP contribution is -2.23. The number of pyridine rings is 1. The van der Waals surface area contributed by atoms with E-state index in [9.17, 15) is 0 Å². The molecular weight excluding hydrogens is 414 g/mol. The third-order valence-corrected chi connectivity index (χ3v) is 6.03. The smallest absolute Gasteiger partial charge is 0.227 e. The first-order valence-electron chi connectivity index (χ1n) is 10.9. The zero-order valence-electron chi connectivity index (χ0n) is 19.0. The van der Waals surface area contributed by atoms with Crippen molar-refractivity contribution in [1.29, 1.82) is 0 Å². The maximum atomic E-state index is 6.46. The summed E-state index contributed by atoms with van der Waals surface area (Å²) < 4.78 is 7.52. The largest absolute Gasteiger partial charge is 0.495 e. The maximum Gasteiger partial charge on any atom is 0.227 e. The van der Waals surface area contributed by atoms with Gasteiger partial charge in [0.15, 0.2) is 0 Å². The summed E-state index contributed by atoms with van der Waals surface area (Å²) in [5, 5.41) is 7.74. The van der Waals surface area contributed by atoms with Crippen LogP contribution in [0.4, 0.5) is 17.3 Å². The Bertz CT molecular complexity index is 1360. The minimum absolute atomic E-state index is 0.467. The fourth-order valence-corrected chi connectivity index (χ4v) is 4.17. The Kier molecular flexibility index (Phi) is 5.43. The van der Waals surface area contributed by atoms with Crippen molar-refractivity contribution in [2.24, 2.45) is 0 Å². The number of fused-ring (bicyclic) bond motifs is 1. The molecule has 33 heavy (non-hydrogen) atoms. The summed E-state index contributed by atoms with van der Waals surface area (Å²) in [7, 11) is 3.77. The average Bonchev–Trinajstić information content (AvgIpc) is 3.25. The van der Waals surface area contributed by atoms with Crippen molar-refractivity contribution < 1.29 is 4.74 Å². The number of nitrogens with zero attached hydrogens (tertiary/aromatic N) is 5. The number of hydrogen-bond donors (Lipinski definition) is 2. The summed E-state index contributed by atoms with van der Waals surface area (Å²) in [6.45, 7) is 3.92. The number of ether oxygens (including phenoxy) is 1. The van der Waals surface area contributed by atoms with E-state index in [1.807, 2.05) is 60.4 Å². The van der Waals surface area contributed by atoms with Crippen molar-refractivity contribution in [3.05, 3.63) is 66.1 Å². The first kappa shape index (κ1) is 21.0. The van der Waals surface area contributed by atoms with Crippen LogP contribution in [0.15, 0.2) is 55.0 Å². The highest BCUT2D eigenvalue weighted by atomic mass is 16.5. The molecule has 0 fully saturated rings. The Morgan fingerprint density at radius 2 is 2.03 bits per heavy atom. The number of anilines is 3. The fourth-order valence-electron chi connectivity index (χ4n) is 4.17. The van der Waals surface area contributed by atoms with E-state index in [2.05, 4.69) is 33.4 Å². The minimum atomic E-state index is 0.467. The van der Waals surface area contributed by atoms with Crippen LogP contribution in [0, 0.1) is 6.92 Å². The first-order chi connectivity index (χ1) is 16.0. The molecular formula is C25H27N7O.